The van der Waals surface area contributed by atoms with Gasteiger partial charge in [0.05, 0.1) is 22.5 Å². The molecule has 1 aliphatic rings. The van der Waals surface area contributed by atoms with E-state index in [-0.39, 0.29) is 17.4 Å². The number of anilines is 1. The Morgan fingerprint density at radius 2 is 1.67 bits per heavy atom. The summed E-state index contributed by atoms with van der Waals surface area (Å²) >= 11 is 0. The van der Waals surface area contributed by atoms with E-state index in [1.54, 1.807) is 22.6 Å². The number of rotatable bonds is 3. The normalized spacial score (nSPS) is 15.6. The van der Waals surface area contributed by atoms with Crippen molar-refractivity contribution in [3.8, 4) is 5.69 Å². The minimum atomic E-state index is -0.368. The lowest BCUT2D eigenvalue weighted by Crippen LogP contribution is -2.28. The Balaban J connectivity index is 1.71. The van der Waals surface area contributed by atoms with Crippen LogP contribution in [0.1, 0.15) is 22.9 Å². The number of aryl methyl sites for hydroxylation is 1. The molecule has 0 N–H and O–H groups in total. The van der Waals surface area contributed by atoms with E-state index >= 15 is 0 Å². The van der Waals surface area contributed by atoms with Crippen molar-refractivity contribution in [3.63, 3.8) is 0 Å². The van der Waals surface area contributed by atoms with Crippen LogP contribution >= 0.6 is 0 Å². The number of amides is 1. The number of benzene rings is 3. The van der Waals surface area contributed by atoms with E-state index in [1.165, 1.54) is 0 Å². The van der Waals surface area contributed by atoms with E-state index in [4.69, 9.17) is 4.98 Å². The van der Waals surface area contributed by atoms with Crippen molar-refractivity contribution in [3.05, 3.63) is 100 Å². The third kappa shape index (κ3) is 2.82. The molecule has 0 spiro atoms. The zero-order valence-corrected chi connectivity index (χ0v) is 16.9. The summed E-state index contributed by atoms with van der Waals surface area (Å²) in [7, 11) is 1.80. The molecule has 1 atom stereocenters. The molecule has 1 unspecified atom stereocenters. The SMILES string of the molecule is Cc1ccc2c(c1)C(Cc1nc3ccccc3c(=O)n1-c1ccccc1)C(=O)N2C. The van der Waals surface area contributed by atoms with Crippen LogP contribution in [0.3, 0.4) is 0 Å². The Hall–Kier alpha value is -3.73. The topological polar surface area (TPSA) is 55.2 Å². The van der Waals surface area contributed by atoms with Gasteiger partial charge < -0.3 is 4.90 Å². The highest BCUT2D eigenvalue weighted by molar-refractivity contribution is 6.04. The molecule has 0 fully saturated rings. The fraction of sp³-hybridized carbons (Fsp3) is 0.160. The molecular weight excluding hydrogens is 374 g/mol. The Morgan fingerprint density at radius 3 is 2.47 bits per heavy atom. The van der Waals surface area contributed by atoms with Crippen molar-refractivity contribution in [2.45, 2.75) is 19.3 Å². The number of hydrogen-bond donors (Lipinski definition) is 0. The first kappa shape index (κ1) is 18.3. The minimum absolute atomic E-state index is 0.0256. The van der Waals surface area contributed by atoms with Crippen molar-refractivity contribution in [1.29, 1.82) is 0 Å². The van der Waals surface area contributed by atoms with E-state index in [9.17, 15) is 9.59 Å². The molecule has 0 saturated carbocycles. The third-order valence-electron chi connectivity index (χ3n) is 5.79. The predicted molar refractivity (Wildman–Crippen MR) is 118 cm³/mol. The van der Waals surface area contributed by atoms with Crippen LogP contribution in [0.15, 0.2) is 77.6 Å². The van der Waals surface area contributed by atoms with Gasteiger partial charge in [-0.25, -0.2) is 4.98 Å². The molecule has 0 bridgehead atoms. The summed E-state index contributed by atoms with van der Waals surface area (Å²) in [5.41, 5.74) is 4.29. The zero-order chi connectivity index (χ0) is 20.8. The average Bonchev–Trinajstić information content (AvgIpc) is 2.99. The third-order valence-corrected chi connectivity index (χ3v) is 5.79. The molecule has 0 radical (unpaired) electrons. The summed E-state index contributed by atoms with van der Waals surface area (Å²) in [4.78, 5) is 33.0. The first-order valence-corrected chi connectivity index (χ1v) is 9.99. The Labute approximate surface area is 174 Å². The van der Waals surface area contributed by atoms with E-state index in [1.807, 2.05) is 67.6 Å². The van der Waals surface area contributed by atoms with Crippen LogP contribution in [0, 0.1) is 6.92 Å². The molecular formula is C25H21N3O2. The summed E-state index contributed by atoms with van der Waals surface area (Å²) in [6, 6.07) is 22.9. The van der Waals surface area contributed by atoms with Gasteiger partial charge in [0, 0.05) is 19.2 Å². The van der Waals surface area contributed by atoms with E-state index in [2.05, 4.69) is 6.07 Å². The molecule has 1 aliphatic heterocycles. The maximum atomic E-state index is 13.4. The summed E-state index contributed by atoms with van der Waals surface area (Å²) < 4.78 is 1.64. The summed E-state index contributed by atoms with van der Waals surface area (Å²) in [6.07, 6.45) is 0.356. The molecule has 148 valence electrons. The molecule has 5 nitrogen and oxygen atoms in total. The quantitative estimate of drug-likeness (QED) is 0.527. The lowest BCUT2D eigenvalue weighted by molar-refractivity contribution is -0.119. The van der Waals surface area contributed by atoms with Crippen LogP contribution in [0.2, 0.25) is 0 Å². The Bertz CT molecular complexity index is 1340. The van der Waals surface area contributed by atoms with Gasteiger partial charge in [-0.2, -0.15) is 0 Å². The fourth-order valence-corrected chi connectivity index (χ4v) is 4.28. The van der Waals surface area contributed by atoms with Gasteiger partial charge in [-0.05, 0) is 42.8 Å². The number of aromatic nitrogens is 2. The first-order valence-electron chi connectivity index (χ1n) is 9.99. The molecule has 1 aromatic heterocycles. The zero-order valence-electron chi connectivity index (χ0n) is 16.9. The molecule has 5 rings (SSSR count). The predicted octanol–water partition coefficient (Wildman–Crippen LogP) is 4.00. The molecule has 30 heavy (non-hydrogen) atoms. The van der Waals surface area contributed by atoms with Crippen LogP contribution in [-0.4, -0.2) is 22.5 Å². The van der Waals surface area contributed by atoms with Gasteiger partial charge >= 0.3 is 0 Å². The standard InChI is InChI=1S/C25H21N3O2/c1-16-12-13-22-19(14-16)20(24(29)27(22)2)15-23-26-21-11-7-6-10-18(21)25(30)28(23)17-8-4-3-5-9-17/h3-14,20H,15H2,1-2H3. The monoisotopic (exact) mass is 395 g/mol. The number of hydrogen-bond acceptors (Lipinski definition) is 3. The minimum Gasteiger partial charge on any atom is -0.315 e. The summed E-state index contributed by atoms with van der Waals surface area (Å²) in [5, 5.41) is 0.566. The van der Waals surface area contributed by atoms with Gasteiger partial charge in [0.25, 0.3) is 5.56 Å². The van der Waals surface area contributed by atoms with Gasteiger partial charge in [0.15, 0.2) is 0 Å². The maximum absolute atomic E-state index is 13.4. The van der Waals surface area contributed by atoms with Gasteiger partial charge in [-0.3, -0.25) is 14.2 Å². The van der Waals surface area contributed by atoms with Crippen molar-refractivity contribution >= 4 is 22.5 Å². The van der Waals surface area contributed by atoms with E-state index in [0.717, 1.165) is 22.5 Å². The second-order valence-corrected chi connectivity index (χ2v) is 7.74. The Morgan fingerprint density at radius 1 is 0.933 bits per heavy atom. The molecule has 0 saturated heterocycles. The molecule has 3 aromatic carbocycles. The van der Waals surface area contributed by atoms with Crippen molar-refractivity contribution in [2.24, 2.45) is 0 Å². The van der Waals surface area contributed by atoms with Crippen LogP contribution < -0.4 is 10.5 Å². The number of nitrogens with zero attached hydrogens (tertiary/aromatic N) is 3. The lowest BCUT2D eigenvalue weighted by atomic mass is 9.95. The number of fused-ring (bicyclic) bond motifs is 2. The van der Waals surface area contributed by atoms with E-state index in [0.29, 0.717) is 23.1 Å². The van der Waals surface area contributed by atoms with Crippen LogP contribution in [0.5, 0.6) is 0 Å². The van der Waals surface area contributed by atoms with Gasteiger partial charge in [0.1, 0.15) is 5.82 Å². The van der Waals surface area contributed by atoms with Crippen molar-refractivity contribution < 1.29 is 4.79 Å². The highest BCUT2D eigenvalue weighted by Crippen LogP contribution is 2.38. The lowest BCUT2D eigenvalue weighted by Gasteiger charge is -2.16. The summed E-state index contributed by atoms with van der Waals surface area (Å²) in [5.74, 6) is 0.247. The van der Waals surface area contributed by atoms with Crippen molar-refractivity contribution in [1.82, 2.24) is 9.55 Å². The highest BCUT2D eigenvalue weighted by Gasteiger charge is 2.36. The van der Waals surface area contributed by atoms with Gasteiger partial charge in [0.2, 0.25) is 5.91 Å². The second-order valence-electron chi connectivity index (χ2n) is 7.74. The molecule has 4 aromatic rings. The maximum Gasteiger partial charge on any atom is 0.265 e. The van der Waals surface area contributed by atoms with Crippen LogP contribution in [0.4, 0.5) is 5.69 Å². The fourth-order valence-electron chi connectivity index (χ4n) is 4.28. The largest absolute Gasteiger partial charge is 0.315 e. The average molecular weight is 395 g/mol. The summed E-state index contributed by atoms with van der Waals surface area (Å²) in [6.45, 7) is 2.02. The first-order chi connectivity index (χ1) is 14.5. The number of carbonyl (C=O) groups is 1. The van der Waals surface area contributed by atoms with E-state index < -0.39 is 0 Å². The van der Waals surface area contributed by atoms with Crippen molar-refractivity contribution in [2.75, 3.05) is 11.9 Å². The molecule has 2 heterocycles. The van der Waals surface area contributed by atoms with Crippen LogP contribution in [-0.2, 0) is 11.2 Å². The second kappa shape index (κ2) is 6.95. The molecule has 1 amide bonds. The number of carbonyl (C=O) groups excluding carboxylic acids is 1. The Kier molecular flexibility index (Phi) is 4.24. The number of likely N-dealkylation sites (N-methyl/N-ethyl adjacent to an activating group) is 1. The number of para-hydroxylation sites is 2. The van der Waals surface area contributed by atoms with Crippen LogP contribution in [0.25, 0.3) is 16.6 Å². The smallest absolute Gasteiger partial charge is 0.265 e. The van der Waals surface area contributed by atoms with Gasteiger partial charge in [-0.15, -0.1) is 0 Å². The highest BCUT2D eigenvalue weighted by atomic mass is 16.2. The molecule has 5 heteroatoms. The molecule has 0 aliphatic carbocycles. The van der Waals surface area contributed by atoms with Gasteiger partial charge in [-0.1, -0.05) is 48.0 Å².